The van der Waals surface area contributed by atoms with E-state index in [1.165, 1.54) is 0 Å². The van der Waals surface area contributed by atoms with Gasteiger partial charge in [-0.1, -0.05) is 18.2 Å². The molecule has 2 aliphatic rings. The van der Waals surface area contributed by atoms with E-state index in [1.54, 1.807) is 17.0 Å². The number of cyclic esters (lactones) is 1. The van der Waals surface area contributed by atoms with Gasteiger partial charge >= 0.3 is 6.09 Å². The number of nitrogens with zero attached hydrogens (tertiary/aromatic N) is 1. The first-order chi connectivity index (χ1) is 13.3. The maximum absolute atomic E-state index is 12.4. The third-order valence-corrected chi connectivity index (χ3v) is 5.23. The molecule has 0 aliphatic carbocycles. The van der Waals surface area contributed by atoms with Crippen molar-refractivity contribution in [3.8, 4) is 11.5 Å². The highest BCUT2D eigenvalue weighted by molar-refractivity contribution is 5.70. The molecule has 0 bridgehead atoms. The SMILES string of the molecule is C[C@@H](Cc1ccc(O)cc1)N1CC(c2ccc3c(c2)COC(C)(C)O3)OC1=O. The van der Waals surface area contributed by atoms with Crippen LogP contribution in [0.15, 0.2) is 42.5 Å². The molecule has 0 saturated carbocycles. The van der Waals surface area contributed by atoms with Gasteiger partial charge in [0.15, 0.2) is 0 Å². The van der Waals surface area contributed by atoms with Crippen LogP contribution in [-0.4, -0.2) is 34.5 Å². The third kappa shape index (κ3) is 3.78. The molecule has 6 heteroatoms. The highest BCUT2D eigenvalue weighted by Crippen LogP contribution is 2.35. The number of hydrogen-bond donors (Lipinski definition) is 1. The minimum absolute atomic E-state index is 0.00728. The van der Waals surface area contributed by atoms with Crippen molar-refractivity contribution in [1.82, 2.24) is 4.90 Å². The van der Waals surface area contributed by atoms with Gasteiger partial charge in [0.25, 0.3) is 0 Å². The topological polar surface area (TPSA) is 68.2 Å². The Bertz CT molecular complexity index is 877. The number of fused-ring (bicyclic) bond motifs is 1. The number of phenolic OH excluding ortho intramolecular Hbond substituents is 1. The van der Waals surface area contributed by atoms with Gasteiger partial charge in [-0.15, -0.1) is 0 Å². The number of amides is 1. The van der Waals surface area contributed by atoms with E-state index in [2.05, 4.69) is 0 Å². The second-order valence-corrected chi connectivity index (χ2v) is 7.90. The fourth-order valence-electron chi connectivity index (χ4n) is 3.65. The molecule has 0 aromatic heterocycles. The standard InChI is InChI=1S/C22H25NO5/c1-14(10-15-4-7-18(24)8-5-15)23-12-20(27-21(23)25)16-6-9-19-17(11-16)13-26-22(2,3)28-19/h4-9,11,14,20,24H,10,12-13H2,1-3H3/t14-,20?/m0/s1. The van der Waals surface area contributed by atoms with Crippen molar-refractivity contribution < 1.29 is 24.1 Å². The lowest BCUT2D eigenvalue weighted by Gasteiger charge is -2.32. The molecular weight excluding hydrogens is 358 g/mol. The number of ether oxygens (including phenoxy) is 3. The minimum atomic E-state index is -0.630. The number of rotatable bonds is 4. The lowest BCUT2D eigenvalue weighted by molar-refractivity contribution is -0.180. The number of phenols is 1. The van der Waals surface area contributed by atoms with Crippen LogP contribution in [-0.2, 0) is 22.5 Å². The van der Waals surface area contributed by atoms with Gasteiger partial charge < -0.3 is 24.2 Å². The van der Waals surface area contributed by atoms with Crippen LogP contribution < -0.4 is 4.74 Å². The van der Waals surface area contributed by atoms with Gasteiger partial charge in [0.2, 0.25) is 5.79 Å². The highest BCUT2D eigenvalue weighted by Gasteiger charge is 2.36. The molecule has 1 amide bonds. The Hall–Kier alpha value is -2.73. The summed E-state index contributed by atoms with van der Waals surface area (Å²) in [4.78, 5) is 14.2. The summed E-state index contributed by atoms with van der Waals surface area (Å²) in [6.45, 7) is 6.75. The van der Waals surface area contributed by atoms with Crippen LogP contribution in [0.4, 0.5) is 4.79 Å². The predicted molar refractivity (Wildman–Crippen MR) is 103 cm³/mol. The molecule has 28 heavy (non-hydrogen) atoms. The van der Waals surface area contributed by atoms with Crippen molar-refractivity contribution in [2.24, 2.45) is 0 Å². The molecule has 2 atom stereocenters. The Kier molecular flexibility index (Phi) is 4.67. The lowest BCUT2D eigenvalue weighted by atomic mass is 10.0. The normalized spacial score (nSPS) is 21.6. The number of hydrogen-bond acceptors (Lipinski definition) is 5. The Morgan fingerprint density at radius 3 is 2.71 bits per heavy atom. The third-order valence-electron chi connectivity index (χ3n) is 5.23. The van der Waals surface area contributed by atoms with E-state index in [4.69, 9.17) is 14.2 Å². The van der Waals surface area contributed by atoms with Crippen molar-refractivity contribution in [2.45, 2.75) is 51.7 Å². The fraction of sp³-hybridized carbons (Fsp3) is 0.409. The predicted octanol–water partition coefficient (Wildman–Crippen LogP) is 4.16. The molecule has 6 nitrogen and oxygen atoms in total. The summed E-state index contributed by atoms with van der Waals surface area (Å²) in [6, 6.07) is 12.9. The molecule has 1 fully saturated rings. The molecule has 148 valence electrons. The monoisotopic (exact) mass is 383 g/mol. The Morgan fingerprint density at radius 2 is 1.96 bits per heavy atom. The number of benzene rings is 2. The summed E-state index contributed by atoms with van der Waals surface area (Å²) >= 11 is 0. The van der Waals surface area contributed by atoms with E-state index in [0.717, 1.165) is 22.4 Å². The van der Waals surface area contributed by atoms with Crippen LogP contribution in [0.5, 0.6) is 11.5 Å². The zero-order chi connectivity index (χ0) is 19.9. The quantitative estimate of drug-likeness (QED) is 0.859. The molecular formula is C22H25NO5. The zero-order valence-corrected chi connectivity index (χ0v) is 16.3. The van der Waals surface area contributed by atoms with Crippen LogP contribution in [0.3, 0.4) is 0 Å². The van der Waals surface area contributed by atoms with E-state index in [-0.39, 0.29) is 24.0 Å². The average molecular weight is 383 g/mol. The summed E-state index contributed by atoms with van der Waals surface area (Å²) in [6.07, 6.45) is 0.0842. The van der Waals surface area contributed by atoms with Crippen LogP contribution in [0.25, 0.3) is 0 Å². The second kappa shape index (κ2) is 7.02. The molecule has 4 rings (SSSR count). The van der Waals surface area contributed by atoms with E-state index < -0.39 is 5.79 Å². The number of aromatic hydroxyl groups is 1. The zero-order valence-electron chi connectivity index (χ0n) is 16.3. The van der Waals surface area contributed by atoms with Crippen molar-refractivity contribution in [2.75, 3.05) is 6.54 Å². The van der Waals surface area contributed by atoms with Gasteiger partial charge in [-0.3, -0.25) is 0 Å². The van der Waals surface area contributed by atoms with Gasteiger partial charge in [0.1, 0.15) is 17.6 Å². The Balaban J connectivity index is 1.45. The van der Waals surface area contributed by atoms with E-state index in [9.17, 15) is 9.90 Å². The molecule has 2 aromatic carbocycles. The molecule has 1 N–H and O–H groups in total. The fourth-order valence-corrected chi connectivity index (χ4v) is 3.65. The van der Waals surface area contributed by atoms with E-state index >= 15 is 0 Å². The van der Waals surface area contributed by atoms with Crippen molar-refractivity contribution in [3.05, 3.63) is 59.2 Å². The summed E-state index contributed by atoms with van der Waals surface area (Å²) < 4.78 is 17.2. The van der Waals surface area contributed by atoms with Gasteiger partial charge in [0.05, 0.1) is 13.2 Å². The molecule has 1 unspecified atom stereocenters. The van der Waals surface area contributed by atoms with Crippen LogP contribution in [0.2, 0.25) is 0 Å². The first kappa shape index (κ1) is 18.6. The average Bonchev–Trinajstić information content (AvgIpc) is 3.04. The minimum Gasteiger partial charge on any atom is -0.508 e. The van der Waals surface area contributed by atoms with Gasteiger partial charge in [-0.05, 0) is 48.7 Å². The lowest BCUT2D eigenvalue weighted by Crippen LogP contribution is -2.35. The Labute approximate surface area is 164 Å². The van der Waals surface area contributed by atoms with Crippen molar-refractivity contribution in [3.63, 3.8) is 0 Å². The van der Waals surface area contributed by atoms with E-state index in [1.807, 2.05) is 51.1 Å². The first-order valence-electron chi connectivity index (χ1n) is 9.52. The van der Waals surface area contributed by atoms with Crippen LogP contribution >= 0.6 is 0 Å². The second-order valence-electron chi connectivity index (χ2n) is 7.90. The smallest absolute Gasteiger partial charge is 0.410 e. The largest absolute Gasteiger partial charge is 0.508 e. The summed E-state index contributed by atoms with van der Waals surface area (Å²) in [5.74, 6) is 0.414. The first-order valence-corrected chi connectivity index (χ1v) is 9.52. The van der Waals surface area contributed by atoms with E-state index in [0.29, 0.717) is 19.6 Å². The summed E-state index contributed by atoms with van der Waals surface area (Å²) in [5.41, 5.74) is 2.97. The van der Waals surface area contributed by atoms with Crippen molar-refractivity contribution >= 4 is 6.09 Å². The maximum atomic E-state index is 12.4. The summed E-state index contributed by atoms with van der Waals surface area (Å²) in [5, 5.41) is 9.42. The van der Waals surface area contributed by atoms with Gasteiger partial charge in [0, 0.05) is 25.5 Å². The Morgan fingerprint density at radius 1 is 1.21 bits per heavy atom. The van der Waals surface area contributed by atoms with Gasteiger partial charge in [-0.2, -0.15) is 0 Å². The molecule has 0 spiro atoms. The molecule has 0 radical (unpaired) electrons. The highest BCUT2D eigenvalue weighted by atomic mass is 16.7. The maximum Gasteiger partial charge on any atom is 0.410 e. The van der Waals surface area contributed by atoms with Crippen LogP contribution in [0.1, 0.15) is 43.6 Å². The molecule has 1 saturated heterocycles. The number of carbonyl (C=O) groups is 1. The number of carbonyl (C=O) groups excluding carboxylic acids is 1. The molecule has 2 heterocycles. The van der Waals surface area contributed by atoms with Crippen LogP contribution in [0, 0.1) is 0 Å². The summed E-state index contributed by atoms with van der Waals surface area (Å²) in [7, 11) is 0. The molecule has 2 aliphatic heterocycles. The molecule has 2 aromatic rings. The van der Waals surface area contributed by atoms with Gasteiger partial charge in [-0.25, -0.2) is 4.79 Å². The van der Waals surface area contributed by atoms with Crippen molar-refractivity contribution in [1.29, 1.82) is 0 Å².